The van der Waals surface area contributed by atoms with Gasteiger partial charge >= 0.3 is 5.97 Å². The fraction of sp³-hybridized carbons (Fsp3) is 0.259. The predicted molar refractivity (Wildman–Crippen MR) is 149 cm³/mol. The van der Waals surface area contributed by atoms with Crippen molar-refractivity contribution in [2.24, 2.45) is 0 Å². The van der Waals surface area contributed by atoms with Crippen LogP contribution in [0, 0.1) is 6.92 Å². The van der Waals surface area contributed by atoms with Crippen LogP contribution in [0.2, 0.25) is 0 Å². The molecule has 0 aromatic heterocycles. The number of ether oxygens (including phenoxy) is 2. The summed E-state index contributed by atoms with van der Waals surface area (Å²) in [5, 5.41) is 2.50. The van der Waals surface area contributed by atoms with Gasteiger partial charge in [0, 0.05) is 33.4 Å². The van der Waals surface area contributed by atoms with E-state index in [4.69, 9.17) is 9.47 Å². The van der Waals surface area contributed by atoms with Crippen LogP contribution >= 0.6 is 0 Å². The summed E-state index contributed by atoms with van der Waals surface area (Å²) in [4.78, 5) is 24.9. The molecule has 3 rings (SSSR count). The highest BCUT2D eigenvalue weighted by molar-refractivity contribution is 7.89. The molecule has 0 radical (unpaired) electrons. The van der Waals surface area contributed by atoms with Crippen molar-refractivity contribution >= 4 is 37.6 Å². The Bertz CT molecular complexity index is 1610. The molecule has 0 saturated carbocycles. The van der Waals surface area contributed by atoms with E-state index >= 15 is 0 Å². The van der Waals surface area contributed by atoms with Crippen LogP contribution in [0.3, 0.4) is 0 Å². The van der Waals surface area contributed by atoms with Crippen LogP contribution < -0.4 is 10.1 Å². The smallest absolute Gasteiger partial charge is 0.338 e. The number of amides is 1. The Morgan fingerprint density at radius 2 is 1.52 bits per heavy atom. The number of anilines is 1. The largest absolute Gasteiger partial charge is 0.495 e. The number of aryl methyl sites for hydroxylation is 1. The van der Waals surface area contributed by atoms with Crippen molar-refractivity contribution < 1.29 is 35.9 Å². The van der Waals surface area contributed by atoms with Gasteiger partial charge in [-0.2, -0.15) is 4.31 Å². The van der Waals surface area contributed by atoms with Gasteiger partial charge in [0.25, 0.3) is 5.91 Å². The molecule has 3 aromatic carbocycles. The number of nitrogens with one attached hydrogen (secondary N) is 1. The number of esters is 1. The van der Waals surface area contributed by atoms with Crippen LogP contribution in [-0.2, 0) is 36.1 Å². The summed E-state index contributed by atoms with van der Waals surface area (Å²) in [5.41, 5.74) is 1.37. The maximum Gasteiger partial charge on any atom is 0.338 e. The van der Waals surface area contributed by atoms with Crippen molar-refractivity contribution in [1.29, 1.82) is 0 Å². The van der Waals surface area contributed by atoms with E-state index in [-0.39, 0.29) is 33.3 Å². The monoisotopic (exact) mass is 589 g/mol. The third kappa shape index (κ3) is 7.04. The lowest BCUT2D eigenvalue weighted by atomic mass is 10.2. The molecular weight excluding hydrogens is 558 g/mol. The molecule has 0 aliphatic rings. The second-order valence-electron chi connectivity index (χ2n) is 9.00. The fourth-order valence-corrected chi connectivity index (χ4v) is 6.14. The predicted octanol–water partition coefficient (Wildman–Crippen LogP) is 2.87. The highest BCUT2D eigenvalue weighted by atomic mass is 32.2. The molecule has 0 atom stereocenters. The van der Waals surface area contributed by atoms with E-state index in [0.717, 1.165) is 20.2 Å². The molecule has 1 N–H and O–H groups in total. The molecule has 0 bridgehead atoms. The molecule has 1 amide bonds. The molecule has 0 aliphatic carbocycles. The molecule has 0 unspecified atom stereocenters. The molecule has 13 heteroatoms. The first-order chi connectivity index (χ1) is 18.8. The van der Waals surface area contributed by atoms with E-state index in [1.165, 1.54) is 52.5 Å². The molecule has 214 valence electrons. The molecule has 0 saturated heterocycles. The Morgan fingerprint density at radius 3 is 2.15 bits per heavy atom. The van der Waals surface area contributed by atoms with Crippen molar-refractivity contribution in [2.75, 3.05) is 40.2 Å². The summed E-state index contributed by atoms with van der Waals surface area (Å²) < 4.78 is 64.2. The first-order valence-corrected chi connectivity index (χ1v) is 14.8. The lowest BCUT2D eigenvalue weighted by Gasteiger charge is -2.19. The van der Waals surface area contributed by atoms with Gasteiger partial charge in [-0.1, -0.05) is 36.4 Å². The van der Waals surface area contributed by atoms with Gasteiger partial charge in [-0.25, -0.2) is 25.9 Å². The van der Waals surface area contributed by atoms with Crippen LogP contribution in [0.1, 0.15) is 21.5 Å². The molecule has 0 fully saturated rings. The zero-order valence-corrected chi connectivity index (χ0v) is 24.4. The summed E-state index contributed by atoms with van der Waals surface area (Å²) in [6, 6.07) is 17.2. The SMILES string of the molecule is COc1ccc(C(=O)OCC(=O)Nc2ccc(C)c(S(=O)(=O)N(C)C)c2)cc1S(=O)(=O)N(C)Cc1ccccc1. The number of rotatable bonds is 11. The standard InChI is InChI=1S/C27H31N3O8S2/c1-19-11-13-22(16-24(19)39(33,34)29(2)3)28-26(31)18-38-27(32)21-12-14-23(37-5)25(15-21)40(35,36)30(4)17-20-9-7-6-8-10-20/h6-16H,17-18H2,1-5H3,(H,28,31). The molecule has 0 heterocycles. The van der Waals surface area contributed by atoms with Crippen molar-refractivity contribution in [3.8, 4) is 5.75 Å². The lowest BCUT2D eigenvalue weighted by Crippen LogP contribution is -2.27. The van der Waals surface area contributed by atoms with Gasteiger partial charge in [0.15, 0.2) is 6.61 Å². The maximum absolute atomic E-state index is 13.3. The van der Waals surface area contributed by atoms with E-state index in [2.05, 4.69) is 5.32 Å². The molecular formula is C27H31N3O8S2. The number of sulfonamides is 2. The Balaban J connectivity index is 1.73. The molecule has 40 heavy (non-hydrogen) atoms. The van der Waals surface area contributed by atoms with E-state index < -0.39 is 38.5 Å². The highest BCUT2D eigenvalue weighted by Crippen LogP contribution is 2.28. The molecule has 11 nitrogen and oxygen atoms in total. The average molecular weight is 590 g/mol. The van der Waals surface area contributed by atoms with Crippen LogP contribution in [0.4, 0.5) is 5.69 Å². The second kappa shape index (κ2) is 12.6. The first kappa shape index (κ1) is 30.8. The van der Waals surface area contributed by atoms with Crippen molar-refractivity contribution in [1.82, 2.24) is 8.61 Å². The van der Waals surface area contributed by atoms with E-state index in [0.29, 0.717) is 5.56 Å². The van der Waals surface area contributed by atoms with Gasteiger partial charge in [-0.3, -0.25) is 4.79 Å². The minimum absolute atomic E-state index is 0.0245. The Labute approximate surface area is 234 Å². The molecule has 3 aromatic rings. The zero-order valence-electron chi connectivity index (χ0n) is 22.7. The third-order valence-corrected chi connectivity index (χ3v) is 9.68. The van der Waals surface area contributed by atoms with Crippen molar-refractivity contribution in [3.05, 3.63) is 83.4 Å². The number of carbonyl (C=O) groups is 2. The number of benzene rings is 3. The van der Waals surface area contributed by atoms with Crippen LogP contribution in [0.15, 0.2) is 76.5 Å². The normalized spacial score (nSPS) is 11.9. The zero-order chi connectivity index (χ0) is 29.7. The number of methoxy groups -OCH3 is 1. The Hall–Kier alpha value is -3.78. The average Bonchev–Trinajstić information content (AvgIpc) is 2.92. The van der Waals surface area contributed by atoms with Gasteiger partial charge in [-0.05, 0) is 48.4 Å². The fourth-order valence-electron chi connectivity index (χ4n) is 3.66. The quantitative estimate of drug-likeness (QED) is 0.337. The highest BCUT2D eigenvalue weighted by Gasteiger charge is 2.27. The summed E-state index contributed by atoms with van der Waals surface area (Å²) in [6.45, 7) is 1.04. The minimum atomic E-state index is -4.07. The van der Waals surface area contributed by atoms with Gasteiger partial charge in [0.05, 0.1) is 17.6 Å². The van der Waals surface area contributed by atoms with Crippen LogP contribution in [-0.4, -0.2) is 72.2 Å². The van der Waals surface area contributed by atoms with E-state index in [9.17, 15) is 26.4 Å². The minimum Gasteiger partial charge on any atom is -0.495 e. The van der Waals surface area contributed by atoms with E-state index in [1.54, 1.807) is 37.3 Å². The Kier molecular flexibility index (Phi) is 9.69. The summed E-state index contributed by atoms with van der Waals surface area (Å²) in [6.07, 6.45) is 0. The van der Waals surface area contributed by atoms with E-state index in [1.807, 2.05) is 6.07 Å². The van der Waals surface area contributed by atoms with Gasteiger partial charge < -0.3 is 14.8 Å². The summed E-state index contributed by atoms with van der Waals surface area (Å²) in [5.74, 6) is -1.61. The Morgan fingerprint density at radius 1 is 0.850 bits per heavy atom. The van der Waals surface area contributed by atoms with Crippen LogP contribution in [0.25, 0.3) is 0 Å². The lowest BCUT2D eigenvalue weighted by molar-refractivity contribution is -0.119. The van der Waals surface area contributed by atoms with Gasteiger partial charge in [-0.15, -0.1) is 0 Å². The number of nitrogens with zero attached hydrogens (tertiary/aromatic N) is 2. The number of hydrogen-bond acceptors (Lipinski definition) is 8. The topological polar surface area (TPSA) is 139 Å². The second-order valence-corrected chi connectivity index (χ2v) is 13.1. The van der Waals surface area contributed by atoms with Crippen molar-refractivity contribution in [2.45, 2.75) is 23.3 Å². The molecule has 0 aliphatic heterocycles. The maximum atomic E-state index is 13.3. The van der Waals surface area contributed by atoms with Crippen molar-refractivity contribution in [3.63, 3.8) is 0 Å². The van der Waals surface area contributed by atoms with Crippen LogP contribution in [0.5, 0.6) is 5.75 Å². The first-order valence-electron chi connectivity index (χ1n) is 12.0. The number of hydrogen-bond donors (Lipinski definition) is 1. The third-order valence-electron chi connectivity index (χ3n) is 5.90. The van der Waals surface area contributed by atoms with Gasteiger partial charge in [0.1, 0.15) is 10.6 Å². The summed E-state index contributed by atoms with van der Waals surface area (Å²) in [7, 11) is -2.28. The molecule has 0 spiro atoms. The number of carbonyl (C=O) groups excluding carboxylic acids is 2. The summed E-state index contributed by atoms with van der Waals surface area (Å²) >= 11 is 0. The van der Waals surface area contributed by atoms with Gasteiger partial charge in [0.2, 0.25) is 20.0 Å².